The summed E-state index contributed by atoms with van der Waals surface area (Å²) in [6.45, 7) is 13.5. The second-order valence-electron chi connectivity index (χ2n) is 12.1. The zero-order valence-electron chi connectivity index (χ0n) is 22.1. The summed E-state index contributed by atoms with van der Waals surface area (Å²) in [6.07, 6.45) is 0. The molecule has 0 bridgehead atoms. The van der Waals surface area contributed by atoms with Crippen LogP contribution in [0.4, 0.5) is 0 Å². The lowest BCUT2D eigenvalue weighted by Gasteiger charge is -2.36. The molecule has 2 N–H and O–H groups in total. The van der Waals surface area contributed by atoms with Crippen LogP contribution in [0.1, 0.15) is 74.9 Å². The highest BCUT2D eigenvalue weighted by atomic mass is 16.4. The van der Waals surface area contributed by atoms with Crippen LogP contribution in [0.3, 0.4) is 0 Å². The van der Waals surface area contributed by atoms with Gasteiger partial charge in [-0.25, -0.2) is 0 Å². The molecule has 0 saturated heterocycles. The zero-order chi connectivity index (χ0) is 25.9. The maximum absolute atomic E-state index is 10.1. The summed E-state index contributed by atoms with van der Waals surface area (Å²) in [5, 5.41) is 20.3. The predicted molar refractivity (Wildman–Crippen MR) is 151 cm³/mol. The zero-order valence-corrected chi connectivity index (χ0v) is 22.1. The fourth-order valence-electron chi connectivity index (χ4n) is 5.68. The summed E-state index contributed by atoms with van der Waals surface area (Å²) in [6, 6.07) is 32.4. The number of hydrogen-bond acceptors (Lipinski definition) is 2. The van der Waals surface area contributed by atoms with Gasteiger partial charge in [-0.2, -0.15) is 0 Å². The summed E-state index contributed by atoms with van der Waals surface area (Å²) < 4.78 is 0. The molecule has 182 valence electrons. The summed E-state index contributed by atoms with van der Waals surface area (Å²) in [5.41, 5.74) is 9.48. The largest absolute Gasteiger partial charge is 0.488 e. The van der Waals surface area contributed by atoms with Crippen molar-refractivity contribution in [2.45, 2.75) is 57.8 Å². The van der Waals surface area contributed by atoms with E-state index in [0.29, 0.717) is 5.46 Å². The van der Waals surface area contributed by atoms with Gasteiger partial charge in [-0.1, -0.05) is 133 Å². The summed E-state index contributed by atoms with van der Waals surface area (Å²) in [4.78, 5) is 0. The van der Waals surface area contributed by atoms with Gasteiger partial charge in [-0.3, -0.25) is 0 Å². The van der Waals surface area contributed by atoms with Crippen LogP contribution >= 0.6 is 0 Å². The monoisotopic (exact) mass is 474 g/mol. The van der Waals surface area contributed by atoms with E-state index in [-0.39, 0.29) is 10.8 Å². The van der Waals surface area contributed by atoms with E-state index in [1.807, 2.05) is 18.2 Å². The second-order valence-corrected chi connectivity index (χ2v) is 12.1. The molecule has 36 heavy (non-hydrogen) atoms. The Balaban J connectivity index is 1.95. The van der Waals surface area contributed by atoms with Crippen molar-refractivity contribution in [3.8, 4) is 11.1 Å². The van der Waals surface area contributed by atoms with E-state index in [4.69, 9.17) is 0 Å². The van der Waals surface area contributed by atoms with Crippen molar-refractivity contribution in [1.82, 2.24) is 0 Å². The molecule has 0 aliphatic heterocycles. The lowest BCUT2D eigenvalue weighted by atomic mass is 9.65. The molecule has 5 rings (SSSR count). The fraction of sp³-hybridized carbons (Fsp3) is 0.273. The molecule has 0 fully saturated rings. The van der Waals surface area contributed by atoms with E-state index in [9.17, 15) is 10.0 Å². The van der Waals surface area contributed by atoms with Crippen LogP contribution in [-0.2, 0) is 16.2 Å². The third-order valence-electron chi connectivity index (χ3n) is 7.69. The molecule has 4 aromatic carbocycles. The molecular weight excluding hydrogens is 439 g/mol. The van der Waals surface area contributed by atoms with Crippen LogP contribution in [-0.4, -0.2) is 17.2 Å². The number of benzene rings is 4. The first-order chi connectivity index (χ1) is 16.9. The first-order valence-corrected chi connectivity index (χ1v) is 12.8. The van der Waals surface area contributed by atoms with Crippen LogP contribution in [0, 0.1) is 0 Å². The maximum Gasteiger partial charge on any atom is 0.488 e. The van der Waals surface area contributed by atoms with Gasteiger partial charge in [0, 0.05) is 0 Å². The third-order valence-corrected chi connectivity index (χ3v) is 7.69. The van der Waals surface area contributed by atoms with E-state index in [1.54, 1.807) is 0 Å². The molecule has 1 aliphatic rings. The number of hydrogen-bond donors (Lipinski definition) is 2. The van der Waals surface area contributed by atoms with Crippen LogP contribution in [0.25, 0.3) is 11.1 Å². The molecule has 0 saturated carbocycles. The molecule has 0 spiro atoms. The minimum absolute atomic E-state index is 0.00541. The van der Waals surface area contributed by atoms with Crippen LogP contribution < -0.4 is 5.46 Å². The third kappa shape index (κ3) is 3.82. The Morgan fingerprint density at radius 2 is 1.08 bits per heavy atom. The maximum atomic E-state index is 10.1. The topological polar surface area (TPSA) is 40.5 Å². The van der Waals surface area contributed by atoms with Gasteiger partial charge in [-0.15, -0.1) is 0 Å². The highest BCUT2D eigenvalue weighted by molar-refractivity contribution is 6.58. The van der Waals surface area contributed by atoms with Gasteiger partial charge >= 0.3 is 7.12 Å². The Labute approximate surface area is 215 Å². The number of fused-ring (bicyclic) bond motifs is 3. The van der Waals surface area contributed by atoms with Crippen molar-refractivity contribution >= 4 is 12.6 Å². The van der Waals surface area contributed by atoms with Crippen molar-refractivity contribution in [3.63, 3.8) is 0 Å². The summed E-state index contributed by atoms with van der Waals surface area (Å²) >= 11 is 0. The Bertz CT molecular complexity index is 1380. The van der Waals surface area contributed by atoms with Gasteiger partial charge in [0.1, 0.15) is 0 Å². The molecule has 0 atom stereocenters. The normalized spacial score (nSPS) is 14.3. The van der Waals surface area contributed by atoms with Gasteiger partial charge in [-0.05, 0) is 60.8 Å². The standard InChI is InChI=1S/C33H35BO2/c1-31(2,3)22-11-9-13-24(19-22)33(25-14-10-12-23(20-25)32(4,5)6)29-16-8-7-15-27(29)28-18-17-26(34(35)36)21-30(28)33/h7-21,35-36H,1-6H3. The van der Waals surface area contributed by atoms with Gasteiger partial charge < -0.3 is 10.0 Å². The Kier molecular flexibility index (Phi) is 5.78. The van der Waals surface area contributed by atoms with Crippen LogP contribution in [0.2, 0.25) is 0 Å². The lowest BCUT2D eigenvalue weighted by Crippen LogP contribution is -2.34. The van der Waals surface area contributed by atoms with Gasteiger partial charge in [0.05, 0.1) is 5.41 Å². The second kappa shape index (κ2) is 8.47. The van der Waals surface area contributed by atoms with Crippen molar-refractivity contribution in [2.75, 3.05) is 0 Å². The summed E-state index contributed by atoms with van der Waals surface area (Å²) in [7, 11) is -1.53. The fourth-order valence-corrected chi connectivity index (χ4v) is 5.68. The molecule has 4 aromatic rings. The smallest absolute Gasteiger partial charge is 0.423 e. The Morgan fingerprint density at radius 1 is 0.556 bits per heavy atom. The first kappa shape index (κ1) is 24.6. The highest BCUT2D eigenvalue weighted by Gasteiger charge is 2.47. The molecule has 0 unspecified atom stereocenters. The van der Waals surface area contributed by atoms with Gasteiger partial charge in [0.15, 0.2) is 0 Å². The van der Waals surface area contributed by atoms with Crippen LogP contribution in [0.5, 0.6) is 0 Å². The van der Waals surface area contributed by atoms with Crippen molar-refractivity contribution in [2.24, 2.45) is 0 Å². The molecule has 1 aliphatic carbocycles. The number of rotatable bonds is 3. The average molecular weight is 474 g/mol. The van der Waals surface area contributed by atoms with Crippen LogP contribution in [0.15, 0.2) is 91.0 Å². The molecule has 3 heteroatoms. The molecule has 0 amide bonds. The van der Waals surface area contributed by atoms with Crippen molar-refractivity contribution < 1.29 is 10.0 Å². The van der Waals surface area contributed by atoms with E-state index >= 15 is 0 Å². The van der Waals surface area contributed by atoms with E-state index in [1.165, 1.54) is 33.4 Å². The van der Waals surface area contributed by atoms with Gasteiger partial charge in [0.25, 0.3) is 0 Å². The summed E-state index contributed by atoms with van der Waals surface area (Å²) in [5.74, 6) is 0. The molecule has 0 heterocycles. The lowest BCUT2D eigenvalue weighted by molar-refractivity contribution is 0.425. The van der Waals surface area contributed by atoms with Crippen molar-refractivity contribution in [3.05, 3.63) is 124 Å². The minimum atomic E-state index is -1.53. The van der Waals surface area contributed by atoms with E-state index < -0.39 is 12.5 Å². The Morgan fingerprint density at radius 3 is 1.61 bits per heavy atom. The van der Waals surface area contributed by atoms with E-state index in [2.05, 4.69) is 114 Å². The molecule has 0 radical (unpaired) electrons. The first-order valence-electron chi connectivity index (χ1n) is 12.8. The Hall–Kier alpha value is -3.14. The predicted octanol–water partition coefficient (Wildman–Crippen LogP) is 6.32. The van der Waals surface area contributed by atoms with Gasteiger partial charge in [0.2, 0.25) is 0 Å². The molecular formula is C33H35BO2. The average Bonchev–Trinajstić information content (AvgIpc) is 3.14. The van der Waals surface area contributed by atoms with Crippen molar-refractivity contribution in [1.29, 1.82) is 0 Å². The highest BCUT2D eigenvalue weighted by Crippen LogP contribution is 2.56. The quantitative estimate of drug-likeness (QED) is 0.300. The SMILES string of the molecule is CC(C)(C)c1cccc(C2(c3cccc(C(C)(C)C)c3)c3ccccc3-c3ccc(B(O)O)cc32)c1. The molecule has 0 aromatic heterocycles. The molecule has 2 nitrogen and oxygen atoms in total. The van der Waals surface area contributed by atoms with E-state index in [0.717, 1.165) is 11.1 Å². The minimum Gasteiger partial charge on any atom is -0.423 e.